The van der Waals surface area contributed by atoms with E-state index in [4.69, 9.17) is 5.53 Å². The Morgan fingerprint density at radius 2 is 1.78 bits per heavy atom. The molecule has 0 aliphatic carbocycles. The van der Waals surface area contributed by atoms with E-state index in [1.807, 2.05) is 0 Å². The zero-order chi connectivity index (χ0) is 13.6. The monoisotopic (exact) mass is 268 g/mol. The molecule has 7 heteroatoms. The van der Waals surface area contributed by atoms with Gasteiger partial charge in [-0.15, -0.1) is 0 Å². The lowest BCUT2D eigenvalue weighted by Gasteiger charge is -2.18. The molecule has 6 nitrogen and oxygen atoms in total. The highest BCUT2D eigenvalue weighted by Crippen LogP contribution is 2.16. The second-order valence-corrected chi connectivity index (χ2v) is 5.56. The number of hydrogen-bond donors (Lipinski definition) is 0. The summed E-state index contributed by atoms with van der Waals surface area (Å²) in [6.45, 7) is 4.72. The molecular formula is C11H16N4O2S. The molecule has 0 saturated heterocycles. The lowest BCUT2D eigenvalue weighted by Crippen LogP contribution is -2.30. The summed E-state index contributed by atoms with van der Waals surface area (Å²) in [7, 11) is -3.41. The van der Waals surface area contributed by atoms with Gasteiger partial charge < -0.3 is 0 Å². The number of sulfonamides is 1. The summed E-state index contributed by atoms with van der Waals surface area (Å²) in [5.41, 5.74) is 8.99. The van der Waals surface area contributed by atoms with Crippen LogP contribution in [0.4, 0.5) is 0 Å². The molecule has 1 aromatic rings. The first-order valence-electron chi connectivity index (χ1n) is 5.66. The van der Waals surface area contributed by atoms with E-state index >= 15 is 0 Å². The van der Waals surface area contributed by atoms with Gasteiger partial charge in [-0.05, 0) is 23.2 Å². The average Bonchev–Trinajstić information content (AvgIpc) is 2.38. The third kappa shape index (κ3) is 3.22. The van der Waals surface area contributed by atoms with Gasteiger partial charge in [0.1, 0.15) is 0 Å². The molecule has 18 heavy (non-hydrogen) atoms. The molecule has 98 valence electrons. The molecule has 0 fully saturated rings. The van der Waals surface area contributed by atoms with Crippen molar-refractivity contribution in [3.05, 3.63) is 40.3 Å². The molecule has 0 aliphatic heterocycles. The van der Waals surface area contributed by atoms with E-state index in [9.17, 15) is 8.42 Å². The first-order chi connectivity index (χ1) is 8.56. The fraction of sp³-hybridized carbons (Fsp3) is 0.455. The fourth-order valence-corrected chi connectivity index (χ4v) is 3.05. The summed E-state index contributed by atoms with van der Waals surface area (Å²) in [6, 6.07) is 6.39. The van der Waals surface area contributed by atoms with Gasteiger partial charge in [-0.3, -0.25) is 0 Å². The standard InChI is InChI=1S/C11H16N4O2S/c1-3-15(4-2)18(16,17)11-7-5-10(6-8-11)9-13-14-12/h5-8H,3-4,9H2,1-2H3. The van der Waals surface area contributed by atoms with Gasteiger partial charge in [0, 0.05) is 18.0 Å². The maximum atomic E-state index is 12.2. The lowest BCUT2D eigenvalue weighted by atomic mass is 10.2. The highest BCUT2D eigenvalue weighted by Gasteiger charge is 2.20. The number of nitrogens with zero attached hydrogens (tertiary/aromatic N) is 4. The van der Waals surface area contributed by atoms with Crippen molar-refractivity contribution < 1.29 is 8.42 Å². The predicted molar refractivity (Wildman–Crippen MR) is 69.4 cm³/mol. The Morgan fingerprint density at radius 3 is 2.22 bits per heavy atom. The van der Waals surface area contributed by atoms with Crippen LogP contribution in [0.3, 0.4) is 0 Å². The molecule has 0 aromatic heterocycles. The van der Waals surface area contributed by atoms with Crippen LogP contribution in [0.1, 0.15) is 19.4 Å². The van der Waals surface area contributed by atoms with Gasteiger partial charge in [0.15, 0.2) is 0 Å². The van der Waals surface area contributed by atoms with Crippen molar-refractivity contribution in [2.75, 3.05) is 13.1 Å². The molecule has 0 saturated carbocycles. The largest absolute Gasteiger partial charge is 0.243 e. The highest BCUT2D eigenvalue weighted by molar-refractivity contribution is 7.89. The molecule has 0 heterocycles. The number of benzene rings is 1. The van der Waals surface area contributed by atoms with Gasteiger partial charge in [0.05, 0.1) is 11.4 Å². The fourth-order valence-electron chi connectivity index (χ4n) is 1.59. The van der Waals surface area contributed by atoms with E-state index in [2.05, 4.69) is 10.0 Å². The first-order valence-corrected chi connectivity index (χ1v) is 7.10. The number of rotatable bonds is 6. The third-order valence-corrected chi connectivity index (χ3v) is 4.65. The van der Waals surface area contributed by atoms with Crippen molar-refractivity contribution in [3.8, 4) is 0 Å². The van der Waals surface area contributed by atoms with Crippen LogP contribution in [0.5, 0.6) is 0 Å². The molecule has 0 atom stereocenters. The minimum Gasteiger partial charge on any atom is -0.207 e. The molecule has 0 amide bonds. The highest BCUT2D eigenvalue weighted by atomic mass is 32.2. The molecule has 0 aliphatic rings. The third-order valence-electron chi connectivity index (χ3n) is 2.58. The van der Waals surface area contributed by atoms with Gasteiger partial charge in [-0.1, -0.05) is 31.1 Å². The van der Waals surface area contributed by atoms with E-state index in [0.717, 1.165) is 5.56 Å². The van der Waals surface area contributed by atoms with Gasteiger partial charge in [0.2, 0.25) is 10.0 Å². The van der Waals surface area contributed by atoms with Gasteiger partial charge >= 0.3 is 0 Å². The summed E-state index contributed by atoms with van der Waals surface area (Å²) < 4.78 is 25.7. The van der Waals surface area contributed by atoms with E-state index in [1.54, 1.807) is 26.0 Å². The Morgan fingerprint density at radius 1 is 1.22 bits per heavy atom. The summed E-state index contributed by atoms with van der Waals surface area (Å²) in [4.78, 5) is 2.92. The molecule has 0 bridgehead atoms. The lowest BCUT2D eigenvalue weighted by molar-refractivity contribution is 0.445. The minimum atomic E-state index is -3.41. The Balaban J connectivity index is 3.00. The Bertz CT molecular complexity index is 529. The van der Waals surface area contributed by atoms with Gasteiger partial charge in [-0.2, -0.15) is 4.31 Å². The molecule has 1 rings (SSSR count). The van der Waals surface area contributed by atoms with Crippen molar-refractivity contribution in [2.45, 2.75) is 25.3 Å². The Kier molecular flexibility index (Phi) is 5.15. The number of azide groups is 1. The second-order valence-electron chi connectivity index (χ2n) is 3.62. The summed E-state index contributed by atoms with van der Waals surface area (Å²) >= 11 is 0. The van der Waals surface area contributed by atoms with Crippen LogP contribution in [-0.2, 0) is 16.6 Å². The maximum Gasteiger partial charge on any atom is 0.243 e. The van der Waals surface area contributed by atoms with Crippen LogP contribution in [0.2, 0.25) is 0 Å². The minimum absolute atomic E-state index is 0.224. The van der Waals surface area contributed by atoms with Gasteiger partial charge in [-0.25, -0.2) is 8.42 Å². The smallest absolute Gasteiger partial charge is 0.207 e. The first kappa shape index (κ1) is 14.5. The Labute approximate surface area is 107 Å². The van der Waals surface area contributed by atoms with Crippen molar-refractivity contribution in [1.82, 2.24) is 4.31 Å². The summed E-state index contributed by atoms with van der Waals surface area (Å²) in [6.07, 6.45) is 0. The molecule has 1 aromatic carbocycles. The van der Waals surface area contributed by atoms with E-state index < -0.39 is 10.0 Å². The molecule has 0 N–H and O–H groups in total. The zero-order valence-corrected chi connectivity index (χ0v) is 11.3. The van der Waals surface area contributed by atoms with Crippen LogP contribution >= 0.6 is 0 Å². The van der Waals surface area contributed by atoms with Crippen LogP contribution in [-0.4, -0.2) is 25.8 Å². The van der Waals surface area contributed by atoms with Crippen molar-refractivity contribution >= 4 is 10.0 Å². The topological polar surface area (TPSA) is 86.1 Å². The average molecular weight is 268 g/mol. The van der Waals surface area contributed by atoms with Crippen LogP contribution in [0.15, 0.2) is 34.3 Å². The maximum absolute atomic E-state index is 12.2. The van der Waals surface area contributed by atoms with Crippen molar-refractivity contribution in [2.24, 2.45) is 5.11 Å². The molecule has 0 unspecified atom stereocenters. The molecule has 0 spiro atoms. The van der Waals surface area contributed by atoms with Crippen molar-refractivity contribution in [3.63, 3.8) is 0 Å². The molecule has 0 radical (unpaired) electrons. The van der Waals surface area contributed by atoms with Crippen molar-refractivity contribution in [1.29, 1.82) is 0 Å². The van der Waals surface area contributed by atoms with Crippen LogP contribution in [0, 0.1) is 0 Å². The number of hydrogen-bond acceptors (Lipinski definition) is 3. The van der Waals surface area contributed by atoms with E-state index in [1.165, 1.54) is 16.4 Å². The van der Waals surface area contributed by atoms with Gasteiger partial charge in [0.25, 0.3) is 0 Å². The van der Waals surface area contributed by atoms with E-state index in [-0.39, 0.29) is 11.4 Å². The zero-order valence-electron chi connectivity index (χ0n) is 10.4. The quantitative estimate of drug-likeness (QED) is 0.451. The van der Waals surface area contributed by atoms with Crippen LogP contribution < -0.4 is 0 Å². The second kappa shape index (κ2) is 6.39. The normalized spacial score (nSPS) is 11.3. The Hall–Kier alpha value is -1.56. The van der Waals surface area contributed by atoms with E-state index in [0.29, 0.717) is 13.1 Å². The summed E-state index contributed by atoms with van der Waals surface area (Å²) in [5.74, 6) is 0. The summed E-state index contributed by atoms with van der Waals surface area (Å²) in [5, 5.41) is 3.42. The predicted octanol–water partition coefficient (Wildman–Crippen LogP) is 2.53. The SMILES string of the molecule is CCN(CC)S(=O)(=O)c1ccc(CN=[N+]=[N-])cc1. The molecular weight excluding hydrogens is 252 g/mol. The van der Waals surface area contributed by atoms with Crippen LogP contribution in [0.25, 0.3) is 10.4 Å².